The molecule has 0 saturated carbocycles. The predicted octanol–water partition coefficient (Wildman–Crippen LogP) is 3.87. The lowest BCUT2D eigenvalue weighted by atomic mass is 10.2. The van der Waals surface area contributed by atoms with Crippen LogP contribution in [-0.4, -0.2) is 15.3 Å². The highest BCUT2D eigenvalue weighted by Gasteiger charge is 2.17. The molecule has 0 bridgehead atoms. The van der Waals surface area contributed by atoms with Gasteiger partial charge in [0.15, 0.2) is 0 Å². The van der Waals surface area contributed by atoms with E-state index in [-0.39, 0.29) is 21.8 Å². The number of pyridine rings is 1. The van der Waals surface area contributed by atoms with Gasteiger partial charge in [-0.05, 0) is 43.7 Å². The van der Waals surface area contributed by atoms with Crippen LogP contribution in [0, 0.1) is 13.8 Å². The first-order chi connectivity index (χ1) is 11.4. The van der Waals surface area contributed by atoms with Gasteiger partial charge in [0.2, 0.25) is 0 Å². The molecule has 0 atom stereocenters. The highest BCUT2D eigenvalue weighted by molar-refractivity contribution is 6.36. The average molecular weight is 362 g/mol. The molecule has 0 fully saturated rings. The standard InChI is InChI=1S/C17H13Cl2N3O2/c1-9-4-3-7-22-15(9)20-10(2)14(17(22)24)21-16(23)12-8-11(18)5-6-13(12)19/h3-8H,1-2H3,(H,21,23). The van der Waals surface area contributed by atoms with Gasteiger partial charge in [-0.15, -0.1) is 0 Å². The molecule has 0 spiro atoms. The number of anilines is 1. The molecule has 5 nitrogen and oxygen atoms in total. The van der Waals surface area contributed by atoms with Gasteiger partial charge in [-0.3, -0.25) is 14.0 Å². The number of benzene rings is 1. The maximum atomic E-state index is 12.7. The van der Waals surface area contributed by atoms with Crippen LogP contribution < -0.4 is 10.9 Å². The van der Waals surface area contributed by atoms with Crippen molar-refractivity contribution in [3.05, 3.63) is 73.7 Å². The van der Waals surface area contributed by atoms with E-state index in [0.717, 1.165) is 5.56 Å². The highest BCUT2D eigenvalue weighted by atomic mass is 35.5. The molecule has 3 aromatic rings. The Kier molecular flexibility index (Phi) is 4.30. The number of fused-ring (bicyclic) bond motifs is 1. The second-order valence-electron chi connectivity index (χ2n) is 5.34. The lowest BCUT2D eigenvalue weighted by Gasteiger charge is -2.11. The molecule has 122 valence electrons. The number of aromatic nitrogens is 2. The fourth-order valence-electron chi connectivity index (χ4n) is 2.40. The maximum absolute atomic E-state index is 12.7. The molecule has 1 amide bonds. The van der Waals surface area contributed by atoms with Crippen molar-refractivity contribution in [1.29, 1.82) is 0 Å². The van der Waals surface area contributed by atoms with E-state index in [0.29, 0.717) is 16.4 Å². The third-order valence-electron chi connectivity index (χ3n) is 3.64. The Balaban J connectivity index is 2.09. The number of aryl methyl sites for hydroxylation is 2. The zero-order chi connectivity index (χ0) is 17.4. The SMILES string of the molecule is Cc1nc2c(C)cccn2c(=O)c1NC(=O)c1cc(Cl)ccc1Cl. The van der Waals surface area contributed by atoms with Crippen LogP contribution in [0.3, 0.4) is 0 Å². The van der Waals surface area contributed by atoms with Gasteiger partial charge in [0.25, 0.3) is 11.5 Å². The number of amides is 1. The summed E-state index contributed by atoms with van der Waals surface area (Å²) >= 11 is 11.9. The molecular weight excluding hydrogens is 349 g/mol. The number of carbonyl (C=O) groups is 1. The zero-order valence-electron chi connectivity index (χ0n) is 12.9. The summed E-state index contributed by atoms with van der Waals surface area (Å²) in [4.78, 5) is 29.5. The molecule has 2 aromatic heterocycles. The normalized spacial score (nSPS) is 10.8. The van der Waals surface area contributed by atoms with Gasteiger partial charge in [-0.2, -0.15) is 0 Å². The van der Waals surface area contributed by atoms with Crippen LogP contribution in [-0.2, 0) is 0 Å². The van der Waals surface area contributed by atoms with Crippen LogP contribution in [0.1, 0.15) is 21.6 Å². The first-order valence-corrected chi connectivity index (χ1v) is 7.89. The summed E-state index contributed by atoms with van der Waals surface area (Å²) in [6.07, 6.45) is 1.61. The van der Waals surface area contributed by atoms with Crippen molar-refractivity contribution in [3.8, 4) is 0 Å². The molecule has 3 rings (SSSR count). The van der Waals surface area contributed by atoms with E-state index < -0.39 is 5.91 Å². The Morgan fingerprint density at radius 3 is 2.71 bits per heavy atom. The van der Waals surface area contributed by atoms with Crippen LogP contribution in [0.2, 0.25) is 10.0 Å². The second-order valence-corrected chi connectivity index (χ2v) is 6.18. The molecule has 0 aliphatic carbocycles. The molecule has 0 radical (unpaired) electrons. The van der Waals surface area contributed by atoms with Crippen LogP contribution in [0.15, 0.2) is 41.3 Å². The topological polar surface area (TPSA) is 63.5 Å². The number of halogens is 2. The Morgan fingerprint density at radius 1 is 1.21 bits per heavy atom. The number of hydrogen-bond donors (Lipinski definition) is 1. The average Bonchev–Trinajstić information content (AvgIpc) is 2.54. The molecule has 7 heteroatoms. The third-order valence-corrected chi connectivity index (χ3v) is 4.21. The smallest absolute Gasteiger partial charge is 0.281 e. The van der Waals surface area contributed by atoms with E-state index in [4.69, 9.17) is 23.2 Å². The summed E-state index contributed by atoms with van der Waals surface area (Å²) in [7, 11) is 0. The van der Waals surface area contributed by atoms with E-state index in [1.807, 2.05) is 13.0 Å². The monoisotopic (exact) mass is 361 g/mol. The van der Waals surface area contributed by atoms with Gasteiger partial charge in [0.1, 0.15) is 11.3 Å². The Morgan fingerprint density at radius 2 is 1.96 bits per heavy atom. The summed E-state index contributed by atoms with van der Waals surface area (Å²) in [5.41, 5.74) is 1.80. The van der Waals surface area contributed by atoms with Crippen molar-refractivity contribution < 1.29 is 4.79 Å². The van der Waals surface area contributed by atoms with Crippen molar-refractivity contribution in [2.75, 3.05) is 5.32 Å². The van der Waals surface area contributed by atoms with Crippen molar-refractivity contribution >= 4 is 40.4 Å². The van der Waals surface area contributed by atoms with Gasteiger partial charge < -0.3 is 5.32 Å². The quantitative estimate of drug-likeness (QED) is 0.753. The van der Waals surface area contributed by atoms with E-state index in [2.05, 4.69) is 10.3 Å². The highest BCUT2D eigenvalue weighted by Crippen LogP contribution is 2.22. The number of nitrogens with zero attached hydrogens (tertiary/aromatic N) is 2. The number of carbonyl (C=O) groups excluding carboxylic acids is 1. The summed E-state index contributed by atoms with van der Waals surface area (Å²) in [5.74, 6) is -0.517. The van der Waals surface area contributed by atoms with E-state index in [1.165, 1.54) is 16.5 Å². The minimum atomic E-state index is -0.517. The summed E-state index contributed by atoms with van der Waals surface area (Å²) in [6.45, 7) is 3.54. The first-order valence-electron chi connectivity index (χ1n) is 7.13. The molecule has 0 aliphatic heterocycles. The number of nitrogens with one attached hydrogen (secondary N) is 1. The third kappa shape index (κ3) is 2.88. The maximum Gasteiger partial charge on any atom is 0.281 e. The predicted molar refractivity (Wildman–Crippen MR) is 95.4 cm³/mol. The fraction of sp³-hybridized carbons (Fsp3) is 0.118. The van der Waals surface area contributed by atoms with Gasteiger partial charge in [0, 0.05) is 11.2 Å². The lowest BCUT2D eigenvalue weighted by molar-refractivity contribution is 0.102. The Labute approximate surface area is 147 Å². The fourth-order valence-corrected chi connectivity index (χ4v) is 2.78. The van der Waals surface area contributed by atoms with E-state index in [1.54, 1.807) is 25.3 Å². The minimum absolute atomic E-state index is 0.110. The van der Waals surface area contributed by atoms with Crippen molar-refractivity contribution in [1.82, 2.24) is 9.38 Å². The molecule has 0 saturated heterocycles. The van der Waals surface area contributed by atoms with Gasteiger partial charge in [-0.25, -0.2) is 4.98 Å². The Bertz CT molecular complexity index is 1030. The van der Waals surface area contributed by atoms with Crippen molar-refractivity contribution in [3.63, 3.8) is 0 Å². The lowest BCUT2D eigenvalue weighted by Crippen LogP contribution is -2.25. The number of rotatable bonds is 2. The molecule has 1 aromatic carbocycles. The van der Waals surface area contributed by atoms with Gasteiger partial charge in [-0.1, -0.05) is 29.3 Å². The van der Waals surface area contributed by atoms with Crippen molar-refractivity contribution in [2.45, 2.75) is 13.8 Å². The van der Waals surface area contributed by atoms with Crippen LogP contribution >= 0.6 is 23.2 Å². The molecule has 0 aliphatic rings. The summed E-state index contributed by atoms with van der Waals surface area (Å²) < 4.78 is 1.40. The van der Waals surface area contributed by atoms with E-state index >= 15 is 0 Å². The molecule has 1 N–H and O–H groups in total. The molecule has 24 heavy (non-hydrogen) atoms. The molecule has 2 heterocycles. The molecule has 0 unspecified atom stereocenters. The summed E-state index contributed by atoms with van der Waals surface area (Å²) in [6, 6.07) is 8.18. The number of hydrogen-bond acceptors (Lipinski definition) is 3. The first kappa shape index (κ1) is 16.5. The Hall–Kier alpha value is -2.37. The van der Waals surface area contributed by atoms with Crippen LogP contribution in [0.4, 0.5) is 5.69 Å². The minimum Gasteiger partial charge on any atom is -0.316 e. The largest absolute Gasteiger partial charge is 0.316 e. The van der Waals surface area contributed by atoms with Gasteiger partial charge >= 0.3 is 0 Å². The summed E-state index contributed by atoms with van der Waals surface area (Å²) in [5, 5.41) is 3.23. The molecular formula is C17H13Cl2N3O2. The van der Waals surface area contributed by atoms with Gasteiger partial charge in [0.05, 0.1) is 16.3 Å². The second kappa shape index (κ2) is 6.26. The zero-order valence-corrected chi connectivity index (χ0v) is 14.4. The van der Waals surface area contributed by atoms with Crippen molar-refractivity contribution in [2.24, 2.45) is 0 Å². The van der Waals surface area contributed by atoms with Crippen LogP contribution in [0.5, 0.6) is 0 Å². The van der Waals surface area contributed by atoms with Crippen LogP contribution in [0.25, 0.3) is 5.65 Å². The van der Waals surface area contributed by atoms with E-state index in [9.17, 15) is 9.59 Å².